The molecule has 1 amide bonds. The number of carbonyl (C=O) groups is 1. The molecule has 3 aromatic heterocycles. The summed E-state index contributed by atoms with van der Waals surface area (Å²) >= 11 is 3.37. The van der Waals surface area contributed by atoms with Gasteiger partial charge in [-0.2, -0.15) is 0 Å². The molecule has 8 heteroatoms. The number of thiazole rings is 1. The Bertz CT molecular complexity index is 979. The average Bonchev–Trinajstić information content (AvgIpc) is 3.27. The fraction of sp³-hybridized carbons (Fsp3) is 0.476. The minimum atomic E-state index is 0.0526. The van der Waals surface area contributed by atoms with Crippen LogP contribution >= 0.6 is 22.7 Å². The van der Waals surface area contributed by atoms with E-state index in [2.05, 4.69) is 41.4 Å². The van der Waals surface area contributed by atoms with Crippen molar-refractivity contribution in [1.82, 2.24) is 20.2 Å². The van der Waals surface area contributed by atoms with Crippen LogP contribution in [0, 0.1) is 0 Å². The second kappa shape index (κ2) is 8.87. The van der Waals surface area contributed by atoms with Gasteiger partial charge in [0.1, 0.15) is 15.5 Å². The Morgan fingerprint density at radius 1 is 1.38 bits per heavy atom. The van der Waals surface area contributed by atoms with Crippen LogP contribution in [0.2, 0.25) is 0 Å². The van der Waals surface area contributed by atoms with E-state index >= 15 is 0 Å². The van der Waals surface area contributed by atoms with Gasteiger partial charge in [-0.05, 0) is 38.4 Å². The van der Waals surface area contributed by atoms with Gasteiger partial charge in [0.05, 0.1) is 10.9 Å². The molecule has 1 aliphatic rings. The van der Waals surface area contributed by atoms with Crippen LogP contribution in [0.15, 0.2) is 18.5 Å². The summed E-state index contributed by atoms with van der Waals surface area (Å²) in [5, 5.41) is 8.49. The Kier molecular flexibility index (Phi) is 6.24. The summed E-state index contributed by atoms with van der Waals surface area (Å²) in [6, 6.07) is 2.43. The first-order valence-corrected chi connectivity index (χ1v) is 11.8. The predicted molar refractivity (Wildman–Crippen MR) is 122 cm³/mol. The van der Waals surface area contributed by atoms with Crippen molar-refractivity contribution in [2.24, 2.45) is 0 Å². The normalized spacial score (nSPS) is 15.4. The zero-order valence-corrected chi connectivity index (χ0v) is 18.8. The molecule has 0 saturated carbocycles. The average molecular weight is 430 g/mol. The number of anilines is 1. The lowest BCUT2D eigenvalue weighted by Gasteiger charge is -2.22. The third kappa shape index (κ3) is 4.50. The first-order valence-electron chi connectivity index (χ1n) is 10.1. The van der Waals surface area contributed by atoms with Crippen LogP contribution in [0.5, 0.6) is 0 Å². The fourth-order valence-electron chi connectivity index (χ4n) is 3.50. The molecular formula is C21H27N5OS2. The van der Waals surface area contributed by atoms with E-state index in [0.29, 0.717) is 19.0 Å². The standard InChI is InChI=1S/C21H27N5OS2/c1-4-13(2)23-9-6-18(27)25-21-19(14-7-10-26(3)12-17(14)29-21)20-24-15-11-22-8-5-16(15)28-20/h5,8,11,13,23H,4,6-7,9-10,12H2,1-3H3,(H,25,27). The summed E-state index contributed by atoms with van der Waals surface area (Å²) in [6.45, 7) is 6.92. The Hall–Kier alpha value is -1.87. The third-order valence-electron chi connectivity index (χ3n) is 5.36. The number of thiophene rings is 1. The maximum Gasteiger partial charge on any atom is 0.226 e. The highest BCUT2D eigenvalue weighted by molar-refractivity contribution is 7.22. The van der Waals surface area contributed by atoms with Gasteiger partial charge in [0.25, 0.3) is 0 Å². The van der Waals surface area contributed by atoms with Crippen molar-refractivity contribution >= 4 is 43.8 Å². The first-order chi connectivity index (χ1) is 14.0. The Labute approximate surface area is 179 Å². The number of amides is 1. The highest BCUT2D eigenvalue weighted by Gasteiger charge is 2.26. The van der Waals surface area contributed by atoms with Crippen LogP contribution < -0.4 is 10.6 Å². The summed E-state index contributed by atoms with van der Waals surface area (Å²) in [5.41, 5.74) is 3.37. The molecule has 4 rings (SSSR count). The van der Waals surface area contributed by atoms with E-state index in [1.165, 1.54) is 10.4 Å². The van der Waals surface area contributed by atoms with Crippen LogP contribution in [0.4, 0.5) is 5.00 Å². The topological polar surface area (TPSA) is 70.1 Å². The van der Waals surface area contributed by atoms with E-state index in [-0.39, 0.29) is 5.91 Å². The quantitative estimate of drug-likeness (QED) is 0.591. The summed E-state index contributed by atoms with van der Waals surface area (Å²) in [6.07, 6.45) is 6.12. The lowest BCUT2D eigenvalue weighted by atomic mass is 10.0. The van der Waals surface area contributed by atoms with E-state index in [9.17, 15) is 4.79 Å². The van der Waals surface area contributed by atoms with Gasteiger partial charge in [0, 0.05) is 48.7 Å². The van der Waals surface area contributed by atoms with Crippen LogP contribution in [-0.4, -0.2) is 47.0 Å². The van der Waals surface area contributed by atoms with Crippen molar-refractivity contribution in [1.29, 1.82) is 0 Å². The monoisotopic (exact) mass is 429 g/mol. The number of nitrogens with zero attached hydrogens (tertiary/aromatic N) is 3. The van der Waals surface area contributed by atoms with Gasteiger partial charge in [-0.25, -0.2) is 4.98 Å². The molecule has 2 N–H and O–H groups in total. The lowest BCUT2D eigenvalue weighted by molar-refractivity contribution is -0.116. The number of hydrogen-bond acceptors (Lipinski definition) is 7. The number of rotatable bonds is 7. The van der Waals surface area contributed by atoms with E-state index in [0.717, 1.165) is 51.7 Å². The zero-order chi connectivity index (χ0) is 20.4. The lowest BCUT2D eigenvalue weighted by Crippen LogP contribution is -2.28. The molecule has 0 saturated heterocycles. The molecule has 1 aliphatic heterocycles. The molecule has 0 spiro atoms. The molecule has 0 fully saturated rings. The molecule has 4 heterocycles. The Morgan fingerprint density at radius 2 is 2.24 bits per heavy atom. The number of hydrogen-bond donors (Lipinski definition) is 2. The number of nitrogens with one attached hydrogen (secondary N) is 2. The van der Waals surface area contributed by atoms with E-state index in [1.807, 2.05) is 6.07 Å². The van der Waals surface area contributed by atoms with Crippen molar-refractivity contribution in [2.45, 2.75) is 45.7 Å². The van der Waals surface area contributed by atoms with Crippen molar-refractivity contribution < 1.29 is 4.79 Å². The van der Waals surface area contributed by atoms with Crippen LogP contribution in [0.1, 0.15) is 37.1 Å². The molecule has 0 aliphatic carbocycles. The highest BCUT2D eigenvalue weighted by Crippen LogP contribution is 2.45. The maximum atomic E-state index is 12.6. The zero-order valence-electron chi connectivity index (χ0n) is 17.1. The minimum Gasteiger partial charge on any atom is -0.317 e. The van der Waals surface area contributed by atoms with Gasteiger partial charge >= 0.3 is 0 Å². The summed E-state index contributed by atoms with van der Waals surface area (Å²) in [5.74, 6) is 0.0526. The number of aromatic nitrogens is 2. The second-order valence-corrected chi connectivity index (χ2v) is 9.76. The van der Waals surface area contributed by atoms with Gasteiger partial charge in [0.2, 0.25) is 5.91 Å². The van der Waals surface area contributed by atoms with E-state index in [1.54, 1.807) is 35.1 Å². The van der Waals surface area contributed by atoms with Gasteiger partial charge in [-0.15, -0.1) is 22.7 Å². The van der Waals surface area contributed by atoms with Crippen LogP contribution in [0.25, 0.3) is 20.8 Å². The second-order valence-electron chi connectivity index (χ2n) is 7.62. The molecule has 1 unspecified atom stereocenters. The highest BCUT2D eigenvalue weighted by atomic mass is 32.1. The largest absolute Gasteiger partial charge is 0.317 e. The van der Waals surface area contributed by atoms with E-state index < -0.39 is 0 Å². The number of likely N-dealkylation sites (N-methyl/N-ethyl adjacent to an activating group) is 1. The molecule has 154 valence electrons. The summed E-state index contributed by atoms with van der Waals surface area (Å²) in [4.78, 5) is 25.3. The Balaban J connectivity index is 1.62. The SMILES string of the molecule is CCC(C)NCCC(=O)Nc1sc2c(c1-c1nc3cnccc3s1)CCN(C)C2. The van der Waals surface area contributed by atoms with Crippen molar-refractivity contribution in [3.8, 4) is 10.6 Å². The van der Waals surface area contributed by atoms with Gasteiger partial charge in [-0.1, -0.05) is 6.92 Å². The maximum absolute atomic E-state index is 12.6. The van der Waals surface area contributed by atoms with Gasteiger partial charge < -0.3 is 15.5 Å². The van der Waals surface area contributed by atoms with Crippen molar-refractivity contribution in [3.63, 3.8) is 0 Å². The summed E-state index contributed by atoms with van der Waals surface area (Å²) in [7, 11) is 2.14. The smallest absolute Gasteiger partial charge is 0.226 e. The number of carbonyl (C=O) groups excluding carboxylic acids is 1. The fourth-order valence-corrected chi connectivity index (χ4v) is 5.92. The molecule has 1 atom stereocenters. The van der Waals surface area contributed by atoms with Crippen LogP contribution in [0.3, 0.4) is 0 Å². The molecule has 29 heavy (non-hydrogen) atoms. The molecule has 0 aromatic carbocycles. The van der Waals surface area contributed by atoms with Crippen molar-refractivity contribution in [3.05, 3.63) is 28.9 Å². The molecule has 6 nitrogen and oxygen atoms in total. The molecular weight excluding hydrogens is 402 g/mol. The molecule has 0 bridgehead atoms. The number of pyridine rings is 1. The van der Waals surface area contributed by atoms with Crippen LogP contribution in [-0.2, 0) is 17.8 Å². The first kappa shape index (κ1) is 20.4. The minimum absolute atomic E-state index is 0.0526. The van der Waals surface area contributed by atoms with Gasteiger partial charge in [0.15, 0.2) is 0 Å². The van der Waals surface area contributed by atoms with E-state index in [4.69, 9.17) is 4.98 Å². The van der Waals surface area contributed by atoms with Gasteiger partial charge in [-0.3, -0.25) is 9.78 Å². The third-order valence-corrected chi connectivity index (χ3v) is 7.55. The summed E-state index contributed by atoms with van der Waals surface area (Å²) < 4.78 is 1.12. The molecule has 0 radical (unpaired) electrons. The number of fused-ring (bicyclic) bond motifs is 2. The Morgan fingerprint density at radius 3 is 3.03 bits per heavy atom. The predicted octanol–water partition coefficient (Wildman–Crippen LogP) is 4.12. The van der Waals surface area contributed by atoms with Crippen molar-refractivity contribution in [2.75, 3.05) is 25.5 Å². The molecule has 3 aromatic rings.